The van der Waals surface area contributed by atoms with Gasteiger partial charge in [0, 0.05) is 18.2 Å². The van der Waals surface area contributed by atoms with Crippen LogP contribution in [0.4, 0.5) is 4.39 Å². The zero-order valence-corrected chi connectivity index (χ0v) is 11.0. The number of halogens is 1. The van der Waals surface area contributed by atoms with Crippen molar-refractivity contribution in [1.29, 1.82) is 0 Å². The Morgan fingerprint density at radius 2 is 2.15 bits per heavy atom. The largest absolute Gasteiger partial charge is 0.478 e. The van der Waals surface area contributed by atoms with Gasteiger partial charge in [-0.05, 0) is 13.0 Å². The number of benzene rings is 1. The lowest BCUT2D eigenvalue weighted by Crippen LogP contribution is -2.24. The molecule has 1 heterocycles. The average Bonchev–Trinajstić information content (AvgIpc) is 2.47. The third-order valence-electron chi connectivity index (χ3n) is 2.56. The molecule has 1 amide bonds. The molecule has 0 aliphatic carbocycles. The van der Waals surface area contributed by atoms with E-state index in [0.29, 0.717) is 18.1 Å². The predicted molar refractivity (Wildman–Crippen MR) is 70.8 cm³/mol. The van der Waals surface area contributed by atoms with Crippen LogP contribution < -0.4 is 10.1 Å². The molecule has 0 fully saturated rings. The smallest absolute Gasteiger partial charge is 0.270 e. The monoisotopic (exact) mass is 275 g/mol. The Morgan fingerprint density at radius 3 is 2.90 bits per heavy atom. The van der Waals surface area contributed by atoms with Gasteiger partial charge >= 0.3 is 0 Å². The van der Waals surface area contributed by atoms with Gasteiger partial charge in [-0.1, -0.05) is 18.2 Å². The summed E-state index contributed by atoms with van der Waals surface area (Å²) in [5.74, 6) is -0.430. The van der Waals surface area contributed by atoms with Crippen molar-refractivity contribution in [1.82, 2.24) is 15.3 Å². The molecule has 20 heavy (non-hydrogen) atoms. The first-order valence-electron chi connectivity index (χ1n) is 6.17. The molecule has 0 radical (unpaired) electrons. The fourth-order valence-corrected chi connectivity index (χ4v) is 1.60. The van der Waals surface area contributed by atoms with Crippen molar-refractivity contribution in [3.8, 4) is 5.88 Å². The number of carbonyl (C=O) groups is 1. The Hall–Kier alpha value is -2.50. The van der Waals surface area contributed by atoms with Gasteiger partial charge in [0.15, 0.2) is 0 Å². The number of rotatable bonds is 5. The molecule has 6 heteroatoms. The topological polar surface area (TPSA) is 64.1 Å². The fraction of sp³-hybridized carbons (Fsp3) is 0.214. The van der Waals surface area contributed by atoms with Crippen molar-refractivity contribution >= 4 is 5.91 Å². The molecule has 2 aromatic rings. The van der Waals surface area contributed by atoms with Gasteiger partial charge in [0.05, 0.1) is 6.61 Å². The van der Waals surface area contributed by atoms with E-state index in [1.165, 1.54) is 18.5 Å². The first kappa shape index (κ1) is 13.9. The molecule has 1 aromatic carbocycles. The summed E-state index contributed by atoms with van der Waals surface area (Å²) in [7, 11) is 0. The first-order chi connectivity index (χ1) is 9.70. The van der Waals surface area contributed by atoms with Crippen molar-refractivity contribution in [2.24, 2.45) is 0 Å². The summed E-state index contributed by atoms with van der Waals surface area (Å²) in [5.41, 5.74) is 0.597. The second-order valence-electron chi connectivity index (χ2n) is 3.95. The molecule has 2 rings (SSSR count). The van der Waals surface area contributed by atoms with Gasteiger partial charge in [0.2, 0.25) is 5.88 Å². The molecule has 1 aromatic heterocycles. The highest BCUT2D eigenvalue weighted by Gasteiger charge is 2.10. The van der Waals surface area contributed by atoms with Crippen LogP contribution in [-0.4, -0.2) is 22.5 Å². The number of aromatic nitrogens is 2. The molecule has 0 unspecified atom stereocenters. The van der Waals surface area contributed by atoms with Crippen molar-refractivity contribution in [2.45, 2.75) is 13.5 Å². The van der Waals surface area contributed by atoms with Crippen LogP contribution in [0.2, 0.25) is 0 Å². The summed E-state index contributed by atoms with van der Waals surface area (Å²) in [6.45, 7) is 2.37. The van der Waals surface area contributed by atoms with Gasteiger partial charge in [0.1, 0.15) is 17.8 Å². The minimum atomic E-state index is -0.406. The lowest BCUT2D eigenvalue weighted by molar-refractivity contribution is 0.0944. The lowest BCUT2D eigenvalue weighted by Gasteiger charge is -2.07. The van der Waals surface area contributed by atoms with Gasteiger partial charge < -0.3 is 10.1 Å². The minimum Gasteiger partial charge on any atom is -0.478 e. The molecule has 0 aliphatic heterocycles. The van der Waals surface area contributed by atoms with Crippen molar-refractivity contribution < 1.29 is 13.9 Å². The molecule has 0 bridgehead atoms. The molecule has 0 aliphatic rings. The maximum Gasteiger partial charge on any atom is 0.270 e. The Kier molecular flexibility index (Phi) is 4.60. The van der Waals surface area contributed by atoms with Gasteiger partial charge in [-0.15, -0.1) is 0 Å². The maximum atomic E-state index is 13.4. The van der Waals surface area contributed by atoms with E-state index in [-0.39, 0.29) is 18.1 Å². The third-order valence-corrected chi connectivity index (χ3v) is 2.56. The quantitative estimate of drug-likeness (QED) is 0.905. The highest BCUT2D eigenvalue weighted by atomic mass is 19.1. The summed E-state index contributed by atoms with van der Waals surface area (Å²) in [4.78, 5) is 19.6. The standard InChI is InChI=1S/C14H14FN3O2/c1-2-20-13-7-12(17-9-18-13)14(19)16-8-10-5-3-4-6-11(10)15/h3-7,9H,2,8H2,1H3,(H,16,19). The lowest BCUT2D eigenvalue weighted by atomic mass is 10.2. The Bertz CT molecular complexity index is 604. The summed E-state index contributed by atoms with van der Waals surface area (Å²) in [6.07, 6.45) is 1.25. The van der Waals surface area contributed by atoms with E-state index in [0.717, 1.165) is 0 Å². The number of nitrogens with zero attached hydrogens (tertiary/aromatic N) is 2. The van der Waals surface area contributed by atoms with Gasteiger partial charge in [-0.2, -0.15) is 0 Å². The number of hydrogen-bond donors (Lipinski definition) is 1. The number of amides is 1. The molecular formula is C14H14FN3O2. The minimum absolute atomic E-state index is 0.0967. The zero-order valence-electron chi connectivity index (χ0n) is 11.0. The number of hydrogen-bond acceptors (Lipinski definition) is 4. The van der Waals surface area contributed by atoms with Gasteiger partial charge in [-0.25, -0.2) is 14.4 Å². The molecule has 5 nitrogen and oxygen atoms in total. The summed E-state index contributed by atoms with van der Waals surface area (Å²) in [6, 6.07) is 7.71. The SMILES string of the molecule is CCOc1cc(C(=O)NCc2ccccc2F)ncn1. The molecule has 0 atom stereocenters. The van der Waals surface area contributed by atoms with Crippen molar-refractivity contribution in [3.63, 3.8) is 0 Å². The van der Waals surface area contributed by atoms with Crippen LogP contribution in [0.1, 0.15) is 23.0 Å². The van der Waals surface area contributed by atoms with Gasteiger partial charge in [-0.3, -0.25) is 4.79 Å². The molecule has 1 N–H and O–H groups in total. The average molecular weight is 275 g/mol. The maximum absolute atomic E-state index is 13.4. The van der Waals surface area contributed by atoms with E-state index in [4.69, 9.17) is 4.74 Å². The second-order valence-corrected chi connectivity index (χ2v) is 3.95. The van der Waals surface area contributed by atoms with E-state index >= 15 is 0 Å². The van der Waals surface area contributed by atoms with Crippen LogP contribution in [0.15, 0.2) is 36.7 Å². The van der Waals surface area contributed by atoms with E-state index in [9.17, 15) is 9.18 Å². The van der Waals surface area contributed by atoms with Crippen LogP contribution in [0.25, 0.3) is 0 Å². The Morgan fingerprint density at radius 1 is 1.35 bits per heavy atom. The molecule has 0 spiro atoms. The first-order valence-corrected chi connectivity index (χ1v) is 6.17. The molecular weight excluding hydrogens is 261 g/mol. The molecule has 0 saturated carbocycles. The van der Waals surface area contributed by atoms with Crippen LogP contribution in [-0.2, 0) is 6.54 Å². The van der Waals surface area contributed by atoms with Gasteiger partial charge in [0.25, 0.3) is 5.91 Å². The number of ether oxygens (including phenoxy) is 1. The van der Waals surface area contributed by atoms with Crippen LogP contribution in [0.3, 0.4) is 0 Å². The van der Waals surface area contributed by atoms with Crippen molar-refractivity contribution in [2.75, 3.05) is 6.61 Å². The fourth-order valence-electron chi connectivity index (χ4n) is 1.60. The normalized spacial score (nSPS) is 10.1. The van der Waals surface area contributed by atoms with Crippen molar-refractivity contribution in [3.05, 3.63) is 53.7 Å². The Balaban J connectivity index is 2.01. The summed E-state index contributed by atoms with van der Waals surface area (Å²) >= 11 is 0. The number of carbonyl (C=O) groups excluding carboxylic acids is 1. The van der Waals surface area contributed by atoms with Crippen LogP contribution >= 0.6 is 0 Å². The van der Waals surface area contributed by atoms with E-state index < -0.39 is 5.91 Å². The molecule has 0 saturated heterocycles. The predicted octanol–water partition coefficient (Wildman–Crippen LogP) is 1.94. The number of nitrogens with one attached hydrogen (secondary N) is 1. The third kappa shape index (κ3) is 3.50. The Labute approximate surface area is 115 Å². The highest BCUT2D eigenvalue weighted by Crippen LogP contribution is 2.08. The molecule has 104 valence electrons. The summed E-state index contributed by atoms with van der Waals surface area (Å²) in [5, 5.41) is 2.60. The van der Waals surface area contributed by atoms with Crippen LogP contribution in [0.5, 0.6) is 5.88 Å². The highest BCUT2D eigenvalue weighted by molar-refractivity contribution is 5.92. The zero-order chi connectivity index (χ0) is 14.4. The second kappa shape index (κ2) is 6.60. The van der Waals surface area contributed by atoms with Crippen LogP contribution in [0, 0.1) is 5.82 Å². The van der Waals surface area contributed by atoms with E-state index in [2.05, 4.69) is 15.3 Å². The summed E-state index contributed by atoms with van der Waals surface area (Å²) < 4.78 is 18.6. The van der Waals surface area contributed by atoms with E-state index in [1.807, 2.05) is 6.92 Å². The van der Waals surface area contributed by atoms with E-state index in [1.54, 1.807) is 18.2 Å².